The maximum Gasteiger partial charge on any atom is 0.310 e. The van der Waals surface area contributed by atoms with Gasteiger partial charge in [-0.2, -0.15) is 0 Å². The maximum absolute atomic E-state index is 12.9. The highest BCUT2D eigenvalue weighted by Crippen LogP contribution is 2.55. The van der Waals surface area contributed by atoms with E-state index >= 15 is 0 Å². The first-order valence-electron chi connectivity index (χ1n) is 11.7. The number of nitrogens with zero attached hydrogens (tertiary/aromatic N) is 2. The molecular formula is C25H32Cl2N2O2. The molecule has 0 amide bonds. The topological polar surface area (TPSA) is 32.8 Å². The van der Waals surface area contributed by atoms with Gasteiger partial charge in [0, 0.05) is 44.3 Å². The third-order valence-electron chi connectivity index (χ3n) is 8.28. The van der Waals surface area contributed by atoms with Crippen molar-refractivity contribution in [2.24, 2.45) is 17.3 Å². The van der Waals surface area contributed by atoms with Crippen LogP contribution < -0.4 is 4.90 Å². The summed E-state index contributed by atoms with van der Waals surface area (Å²) in [7, 11) is 0. The van der Waals surface area contributed by atoms with E-state index in [1.165, 1.54) is 19.3 Å². The number of rotatable bonds is 3. The Bertz CT molecular complexity index is 909. The lowest BCUT2D eigenvalue weighted by Gasteiger charge is -2.46. The third kappa shape index (κ3) is 4.00. The molecule has 0 bridgehead atoms. The second-order valence-electron chi connectivity index (χ2n) is 10.2. The van der Waals surface area contributed by atoms with Gasteiger partial charge >= 0.3 is 5.97 Å². The maximum atomic E-state index is 12.9. The molecule has 2 aliphatic carbocycles. The summed E-state index contributed by atoms with van der Waals surface area (Å²) < 4.78 is 5.96. The molecule has 4 aliphatic rings. The number of anilines is 1. The van der Waals surface area contributed by atoms with Gasteiger partial charge in [-0.1, -0.05) is 41.3 Å². The van der Waals surface area contributed by atoms with Crippen LogP contribution in [0.15, 0.2) is 29.3 Å². The fourth-order valence-corrected chi connectivity index (χ4v) is 6.76. The number of hydrogen-bond donors (Lipinski definition) is 0. The largest absolute Gasteiger partial charge is 0.462 e. The van der Waals surface area contributed by atoms with Gasteiger partial charge in [0.05, 0.1) is 16.0 Å². The highest BCUT2D eigenvalue weighted by molar-refractivity contribution is 6.42. The van der Waals surface area contributed by atoms with E-state index in [1.54, 1.807) is 11.1 Å². The average molecular weight is 463 g/mol. The summed E-state index contributed by atoms with van der Waals surface area (Å²) in [4.78, 5) is 17.6. The van der Waals surface area contributed by atoms with E-state index in [-0.39, 0.29) is 23.4 Å². The smallest absolute Gasteiger partial charge is 0.310 e. The average Bonchev–Trinajstić information content (AvgIpc) is 3.03. The second kappa shape index (κ2) is 8.28. The van der Waals surface area contributed by atoms with Gasteiger partial charge in [0.15, 0.2) is 0 Å². The molecule has 2 heterocycles. The van der Waals surface area contributed by atoms with Gasteiger partial charge in [0.2, 0.25) is 0 Å². The molecular weight excluding hydrogens is 431 g/mol. The van der Waals surface area contributed by atoms with Crippen molar-refractivity contribution in [1.82, 2.24) is 4.90 Å². The predicted molar refractivity (Wildman–Crippen MR) is 126 cm³/mol. The van der Waals surface area contributed by atoms with E-state index in [9.17, 15) is 4.79 Å². The van der Waals surface area contributed by atoms with Gasteiger partial charge in [0.25, 0.3) is 0 Å². The van der Waals surface area contributed by atoms with E-state index in [0.717, 1.165) is 51.3 Å². The Balaban J connectivity index is 1.24. The van der Waals surface area contributed by atoms with E-state index in [2.05, 4.69) is 23.6 Å². The Morgan fingerprint density at radius 3 is 2.68 bits per heavy atom. The zero-order valence-corrected chi connectivity index (χ0v) is 20.0. The molecule has 0 spiro atoms. The molecule has 31 heavy (non-hydrogen) atoms. The fraction of sp³-hybridized carbons (Fsp3) is 0.640. The monoisotopic (exact) mass is 462 g/mol. The van der Waals surface area contributed by atoms with Gasteiger partial charge < -0.3 is 9.64 Å². The van der Waals surface area contributed by atoms with E-state index in [0.29, 0.717) is 16.0 Å². The van der Waals surface area contributed by atoms with Crippen molar-refractivity contribution in [3.63, 3.8) is 0 Å². The minimum absolute atomic E-state index is 0.00769. The number of ether oxygens (including phenoxy) is 1. The van der Waals surface area contributed by atoms with Crippen molar-refractivity contribution in [1.29, 1.82) is 0 Å². The zero-order chi connectivity index (χ0) is 21.8. The van der Waals surface area contributed by atoms with Crippen LogP contribution in [-0.2, 0) is 9.53 Å². The minimum atomic E-state index is 0.00769. The lowest BCUT2D eigenvalue weighted by atomic mass is 9.59. The molecule has 0 radical (unpaired) electrons. The highest BCUT2D eigenvalue weighted by Gasteiger charge is 2.53. The Morgan fingerprint density at radius 2 is 1.94 bits per heavy atom. The van der Waals surface area contributed by atoms with Gasteiger partial charge in [-0.25, -0.2) is 0 Å². The molecule has 4 atom stereocenters. The first-order chi connectivity index (χ1) is 14.8. The number of carbonyl (C=O) groups is 1. The van der Waals surface area contributed by atoms with Crippen LogP contribution in [-0.4, -0.2) is 49.7 Å². The number of benzene rings is 1. The molecule has 3 fully saturated rings. The van der Waals surface area contributed by atoms with Crippen molar-refractivity contribution >= 4 is 34.9 Å². The zero-order valence-electron chi connectivity index (χ0n) is 18.5. The summed E-state index contributed by atoms with van der Waals surface area (Å²) in [6.45, 7) is 9.26. The van der Waals surface area contributed by atoms with Crippen LogP contribution in [0.2, 0.25) is 10.0 Å². The standard InChI is InChI=1S/C25H32Cl2N2O2/c1-16-4-3-7-25(2)14-23-18(13-20(16)25)19(24(30)31-23)15-28-8-10-29(11-9-28)17-5-6-21(26)22(27)12-17/h5-6,12,18-19,23H,3-4,7-11,13-15H2,1-2H3/t18-,19+,23+,25+/m0/s1. The number of carbonyl (C=O) groups excluding carboxylic acids is 1. The van der Waals surface area contributed by atoms with Crippen molar-refractivity contribution < 1.29 is 9.53 Å². The first-order valence-corrected chi connectivity index (χ1v) is 12.4. The molecule has 2 aliphatic heterocycles. The predicted octanol–water partition coefficient (Wildman–Crippen LogP) is 5.57. The normalized spacial score (nSPS) is 33.9. The molecule has 1 aromatic carbocycles. The van der Waals surface area contributed by atoms with Crippen LogP contribution in [0.25, 0.3) is 0 Å². The number of allylic oxidation sites excluding steroid dienone is 2. The highest BCUT2D eigenvalue weighted by atomic mass is 35.5. The summed E-state index contributed by atoms with van der Waals surface area (Å²) in [5, 5.41) is 1.18. The summed E-state index contributed by atoms with van der Waals surface area (Å²) >= 11 is 12.3. The van der Waals surface area contributed by atoms with Gasteiger partial charge in [0.1, 0.15) is 6.10 Å². The molecule has 1 saturated carbocycles. The van der Waals surface area contributed by atoms with Crippen LogP contribution in [0.1, 0.15) is 46.0 Å². The molecule has 0 aromatic heterocycles. The van der Waals surface area contributed by atoms with Crippen LogP contribution in [0, 0.1) is 17.3 Å². The third-order valence-corrected chi connectivity index (χ3v) is 9.01. The van der Waals surface area contributed by atoms with Gasteiger partial charge in [-0.15, -0.1) is 0 Å². The molecule has 6 heteroatoms. The Morgan fingerprint density at radius 1 is 1.16 bits per heavy atom. The molecule has 0 N–H and O–H groups in total. The molecule has 0 unspecified atom stereocenters. The Hall–Kier alpha value is -1.23. The molecule has 4 nitrogen and oxygen atoms in total. The van der Waals surface area contributed by atoms with Gasteiger partial charge in [-0.3, -0.25) is 9.69 Å². The van der Waals surface area contributed by atoms with Crippen molar-refractivity contribution in [2.75, 3.05) is 37.6 Å². The summed E-state index contributed by atoms with van der Waals surface area (Å²) in [6.07, 6.45) is 5.89. The lowest BCUT2D eigenvalue weighted by Crippen LogP contribution is -2.49. The van der Waals surface area contributed by atoms with Gasteiger partial charge in [-0.05, 0) is 62.6 Å². The molecule has 168 valence electrons. The van der Waals surface area contributed by atoms with Crippen molar-refractivity contribution in [3.8, 4) is 0 Å². The fourth-order valence-electron chi connectivity index (χ4n) is 6.47. The van der Waals surface area contributed by atoms with E-state index < -0.39 is 0 Å². The summed E-state index contributed by atoms with van der Waals surface area (Å²) in [6, 6.07) is 5.83. The van der Waals surface area contributed by atoms with E-state index in [4.69, 9.17) is 27.9 Å². The number of piperazine rings is 1. The van der Waals surface area contributed by atoms with Crippen LogP contribution >= 0.6 is 23.2 Å². The quantitative estimate of drug-likeness (QED) is 0.433. The lowest BCUT2D eigenvalue weighted by molar-refractivity contribution is -0.145. The number of fused-ring (bicyclic) bond motifs is 2. The Labute approximate surface area is 195 Å². The summed E-state index contributed by atoms with van der Waals surface area (Å²) in [5.41, 5.74) is 4.55. The summed E-state index contributed by atoms with van der Waals surface area (Å²) in [5.74, 6) is 0.382. The number of esters is 1. The number of hydrogen-bond acceptors (Lipinski definition) is 4. The number of halogens is 2. The second-order valence-corrected chi connectivity index (χ2v) is 11.0. The van der Waals surface area contributed by atoms with Crippen molar-refractivity contribution in [3.05, 3.63) is 39.4 Å². The van der Waals surface area contributed by atoms with E-state index in [1.807, 2.05) is 18.2 Å². The van der Waals surface area contributed by atoms with Crippen LogP contribution in [0.3, 0.4) is 0 Å². The molecule has 1 aromatic rings. The SMILES string of the molecule is CC1=C2C[C@@H]3[C@@H](C[C@@]2(C)CCC1)OC(=O)[C@@H]3CN1CCN(c2ccc(Cl)c(Cl)c2)CC1. The first kappa shape index (κ1) is 21.6. The van der Waals surface area contributed by atoms with Crippen LogP contribution in [0.5, 0.6) is 0 Å². The minimum Gasteiger partial charge on any atom is -0.462 e. The molecule has 5 rings (SSSR count). The van der Waals surface area contributed by atoms with Crippen LogP contribution in [0.4, 0.5) is 5.69 Å². The molecule has 2 saturated heterocycles. The van der Waals surface area contributed by atoms with Crippen molar-refractivity contribution in [2.45, 2.75) is 52.1 Å². The Kier molecular flexibility index (Phi) is 5.77.